The van der Waals surface area contributed by atoms with Gasteiger partial charge in [-0.25, -0.2) is 0 Å². The molecule has 0 aromatic heterocycles. The van der Waals surface area contributed by atoms with E-state index in [-0.39, 0.29) is 17.7 Å². The van der Waals surface area contributed by atoms with Gasteiger partial charge in [0.2, 0.25) is 11.8 Å². The number of rotatable bonds is 6. The fourth-order valence-electron chi connectivity index (χ4n) is 4.43. The van der Waals surface area contributed by atoms with Crippen LogP contribution in [-0.4, -0.2) is 54.9 Å². The highest BCUT2D eigenvalue weighted by molar-refractivity contribution is 5.89. The molecule has 5 heteroatoms. The molecule has 5 nitrogen and oxygen atoms in total. The molecule has 2 aliphatic rings. The Bertz CT molecular complexity index is 850. The lowest BCUT2D eigenvalue weighted by Gasteiger charge is -2.21. The Morgan fingerprint density at radius 1 is 1.07 bits per heavy atom. The van der Waals surface area contributed by atoms with Crippen LogP contribution < -0.4 is 4.74 Å². The van der Waals surface area contributed by atoms with Crippen LogP contribution in [0.4, 0.5) is 0 Å². The van der Waals surface area contributed by atoms with Gasteiger partial charge in [-0.05, 0) is 36.1 Å². The van der Waals surface area contributed by atoms with Gasteiger partial charge in [0.15, 0.2) is 0 Å². The van der Waals surface area contributed by atoms with Gasteiger partial charge in [0.1, 0.15) is 5.75 Å². The van der Waals surface area contributed by atoms with Crippen molar-refractivity contribution in [2.24, 2.45) is 5.92 Å². The second-order valence-electron chi connectivity index (χ2n) is 8.02. The van der Waals surface area contributed by atoms with Crippen LogP contribution in [0.15, 0.2) is 54.6 Å². The topological polar surface area (TPSA) is 49.9 Å². The van der Waals surface area contributed by atoms with Gasteiger partial charge < -0.3 is 14.5 Å². The minimum atomic E-state index is -0.201. The summed E-state index contributed by atoms with van der Waals surface area (Å²) in [6.45, 7) is 2.74. The average Bonchev–Trinajstić information content (AvgIpc) is 3.40. The van der Waals surface area contributed by atoms with E-state index in [9.17, 15) is 9.59 Å². The van der Waals surface area contributed by atoms with Crippen molar-refractivity contribution in [3.05, 3.63) is 65.7 Å². The predicted octanol–water partition coefficient (Wildman–Crippen LogP) is 3.10. The second kappa shape index (κ2) is 8.68. The Morgan fingerprint density at radius 3 is 2.55 bits per heavy atom. The van der Waals surface area contributed by atoms with Crippen LogP contribution in [0, 0.1) is 5.92 Å². The number of nitrogens with zero attached hydrogens (tertiary/aromatic N) is 2. The van der Waals surface area contributed by atoms with Gasteiger partial charge in [0.25, 0.3) is 0 Å². The summed E-state index contributed by atoms with van der Waals surface area (Å²) in [5.74, 6) is 1.24. The van der Waals surface area contributed by atoms with E-state index < -0.39 is 0 Å². The normalized spacial score (nSPS) is 21.6. The molecule has 152 valence electrons. The summed E-state index contributed by atoms with van der Waals surface area (Å²) in [6, 6.07) is 18.3. The Labute approximate surface area is 172 Å². The van der Waals surface area contributed by atoms with Crippen molar-refractivity contribution < 1.29 is 14.3 Å². The molecule has 2 aromatic rings. The molecule has 2 aliphatic heterocycles. The van der Waals surface area contributed by atoms with Crippen molar-refractivity contribution in [2.45, 2.75) is 25.2 Å². The minimum Gasteiger partial charge on any atom is -0.497 e. The molecule has 0 saturated carbocycles. The first-order chi connectivity index (χ1) is 14.1. The number of carbonyl (C=O) groups is 2. The number of hydrogen-bond acceptors (Lipinski definition) is 3. The lowest BCUT2D eigenvalue weighted by Crippen LogP contribution is -2.36. The lowest BCUT2D eigenvalue weighted by molar-refractivity contribution is -0.134. The fourth-order valence-corrected chi connectivity index (χ4v) is 4.43. The van der Waals surface area contributed by atoms with E-state index in [2.05, 4.69) is 24.3 Å². The monoisotopic (exact) mass is 392 g/mol. The Hall–Kier alpha value is -2.82. The van der Waals surface area contributed by atoms with Gasteiger partial charge in [0, 0.05) is 38.5 Å². The Morgan fingerprint density at radius 2 is 1.83 bits per heavy atom. The predicted molar refractivity (Wildman–Crippen MR) is 112 cm³/mol. The smallest absolute Gasteiger partial charge is 0.228 e. The molecular formula is C24H28N2O3. The number of amides is 2. The van der Waals surface area contributed by atoms with Gasteiger partial charge in [-0.3, -0.25) is 9.59 Å². The largest absolute Gasteiger partial charge is 0.497 e. The highest BCUT2D eigenvalue weighted by Crippen LogP contribution is 2.31. The molecule has 2 heterocycles. The molecule has 0 bridgehead atoms. The number of hydrogen-bond donors (Lipinski definition) is 0. The zero-order valence-electron chi connectivity index (χ0n) is 16.9. The minimum absolute atomic E-state index is 0.102. The summed E-state index contributed by atoms with van der Waals surface area (Å²) in [7, 11) is 1.66. The van der Waals surface area contributed by atoms with Crippen LogP contribution in [0.1, 0.15) is 29.9 Å². The molecule has 0 aliphatic carbocycles. The Kier molecular flexibility index (Phi) is 5.84. The van der Waals surface area contributed by atoms with E-state index >= 15 is 0 Å². The third-order valence-electron chi connectivity index (χ3n) is 6.16. The SMILES string of the molecule is COc1ccc(C2CCN(C(=O)C3CC(=O)N(CCc4ccccc4)C3)C2)cc1. The summed E-state index contributed by atoms with van der Waals surface area (Å²) in [4.78, 5) is 29.2. The number of carbonyl (C=O) groups excluding carboxylic acids is 2. The van der Waals surface area contributed by atoms with Crippen molar-refractivity contribution in [1.29, 1.82) is 0 Å². The molecule has 2 unspecified atom stereocenters. The molecule has 0 N–H and O–H groups in total. The number of likely N-dealkylation sites (tertiary alicyclic amines) is 2. The van der Waals surface area contributed by atoms with Crippen LogP contribution >= 0.6 is 0 Å². The molecule has 4 rings (SSSR count). The molecule has 0 spiro atoms. The van der Waals surface area contributed by atoms with Crippen molar-refractivity contribution >= 4 is 11.8 Å². The van der Waals surface area contributed by atoms with Crippen LogP contribution in [0.2, 0.25) is 0 Å². The number of methoxy groups -OCH3 is 1. The third kappa shape index (κ3) is 4.44. The Balaban J connectivity index is 1.31. The maximum absolute atomic E-state index is 13.0. The number of benzene rings is 2. The van der Waals surface area contributed by atoms with E-state index in [1.807, 2.05) is 40.1 Å². The lowest BCUT2D eigenvalue weighted by atomic mass is 9.98. The maximum atomic E-state index is 13.0. The van der Waals surface area contributed by atoms with Crippen molar-refractivity contribution in [1.82, 2.24) is 9.80 Å². The molecule has 2 aromatic carbocycles. The first-order valence-corrected chi connectivity index (χ1v) is 10.4. The number of ether oxygens (including phenoxy) is 1. The zero-order valence-corrected chi connectivity index (χ0v) is 16.9. The van der Waals surface area contributed by atoms with Crippen molar-refractivity contribution in [2.75, 3.05) is 33.3 Å². The summed E-state index contributed by atoms with van der Waals surface area (Å²) < 4.78 is 5.23. The standard InChI is InChI=1S/C24H28N2O3/c1-29-22-9-7-19(8-10-22)20-12-14-26(16-20)24(28)21-15-23(27)25(17-21)13-11-18-5-3-2-4-6-18/h2-10,20-21H,11-17H2,1H3. The fraction of sp³-hybridized carbons (Fsp3) is 0.417. The van der Waals surface area contributed by atoms with Crippen molar-refractivity contribution in [3.8, 4) is 5.75 Å². The van der Waals surface area contributed by atoms with Gasteiger partial charge in [-0.2, -0.15) is 0 Å². The van der Waals surface area contributed by atoms with E-state index in [0.717, 1.165) is 31.7 Å². The van der Waals surface area contributed by atoms with Crippen LogP contribution in [0.3, 0.4) is 0 Å². The molecule has 0 radical (unpaired) electrons. The molecule has 2 fully saturated rings. The van der Waals surface area contributed by atoms with E-state index in [1.54, 1.807) is 7.11 Å². The first-order valence-electron chi connectivity index (χ1n) is 10.4. The highest BCUT2D eigenvalue weighted by Gasteiger charge is 2.38. The van der Waals surface area contributed by atoms with Gasteiger partial charge in [-0.1, -0.05) is 42.5 Å². The molecule has 2 amide bonds. The van der Waals surface area contributed by atoms with Gasteiger partial charge in [0.05, 0.1) is 13.0 Å². The van der Waals surface area contributed by atoms with Crippen molar-refractivity contribution in [3.63, 3.8) is 0 Å². The van der Waals surface area contributed by atoms with Crippen LogP contribution in [0.25, 0.3) is 0 Å². The maximum Gasteiger partial charge on any atom is 0.228 e. The molecule has 29 heavy (non-hydrogen) atoms. The molecular weight excluding hydrogens is 364 g/mol. The van der Waals surface area contributed by atoms with E-state index in [0.29, 0.717) is 25.4 Å². The van der Waals surface area contributed by atoms with Gasteiger partial charge >= 0.3 is 0 Å². The summed E-state index contributed by atoms with van der Waals surface area (Å²) in [5.41, 5.74) is 2.46. The summed E-state index contributed by atoms with van der Waals surface area (Å²) in [6.07, 6.45) is 2.14. The second-order valence-corrected chi connectivity index (χ2v) is 8.02. The average molecular weight is 392 g/mol. The molecule has 2 atom stereocenters. The quantitative estimate of drug-likeness (QED) is 0.759. The van der Waals surface area contributed by atoms with E-state index in [1.165, 1.54) is 11.1 Å². The first kappa shape index (κ1) is 19.5. The molecule has 2 saturated heterocycles. The van der Waals surface area contributed by atoms with Crippen LogP contribution in [-0.2, 0) is 16.0 Å². The van der Waals surface area contributed by atoms with Crippen LogP contribution in [0.5, 0.6) is 5.75 Å². The third-order valence-corrected chi connectivity index (χ3v) is 6.16. The van der Waals surface area contributed by atoms with E-state index in [4.69, 9.17) is 4.74 Å². The van der Waals surface area contributed by atoms with Gasteiger partial charge in [-0.15, -0.1) is 0 Å². The zero-order chi connectivity index (χ0) is 20.2. The summed E-state index contributed by atoms with van der Waals surface area (Å²) >= 11 is 0. The highest BCUT2D eigenvalue weighted by atomic mass is 16.5. The summed E-state index contributed by atoms with van der Waals surface area (Å²) in [5, 5.41) is 0.